The number of halogens is 1. The molecule has 0 aliphatic carbocycles. The van der Waals surface area contributed by atoms with E-state index in [1.54, 1.807) is 24.4 Å². The van der Waals surface area contributed by atoms with Crippen molar-refractivity contribution in [3.05, 3.63) is 93.5 Å². The van der Waals surface area contributed by atoms with Crippen molar-refractivity contribution in [2.45, 2.75) is 60.4 Å². The molecule has 10 heteroatoms. The van der Waals surface area contributed by atoms with Crippen LogP contribution in [0, 0.1) is 25.1 Å². The van der Waals surface area contributed by atoms with Gasteiger partial charge in [0.05, 0.1) is 34.6 Å². The summed E-state index contributed by atoms with van der Waals surface area (Å²) in [6.45, 7) is 17.3. The molecule has 4 aromatic rings. The maximum absolute atomic E-state index is 15.1. The smallest absolute Gasteiger partial charge is 0.440 e. The van der Waals surface area contributed by atoms with Crippen LogP contribution in [0.5, 0.6) is 0 Å². The molecule has 1 atom stereocenters. The van der Waals surface area contributed by atoms with E-state index in [0.29, 0.717) is 44.9 Å². The largest absolute Gasteiger partial charge is 0.586 e. The highest BCUT2D eigenvalue weighted by Gasteiger charge is 2.31. The first-order valence-electron chi connectivity index (χ1n) is 15.3. The first-order chi connectivity index (χ1) is 21.4. The minimum Gasteiger partial charge on any atom is -0.440 e. The van der Waals surface area contributed by atoms with Gasteiger partial charge < -0.3 is 24.4 Å². The Balaban J connectivity index is 0.00000128. The summed E-state index contributed by atoms with van der Waals surface area (Å²) in [7, 11) is -1.46. The third-order valence-corrected chi connectivity index (χ3v) is 8.45. The summed E-state index contributed by atoms with van der Waals surface area (Å²) >= 11 is 0. The number of rotatable bonds is 5. The average Bonchev–Trinajstić information content (AvgIpc) is 2.99. The van der Waals surface area contributed by atoms with Crippen molar-refractivity contribution in [1.82, 2.24) is 4.98 Å². The quantitative estimate of drug-likeness (QED) is 0.193. The Labute approximate surface area is 263 Å². The Bertz CT molecular complexity index is 1830. The normalized spacial score (nSPS) is 15.9. The van der Waals surface area contributed by atoms with Crippen LogP contribution in [0.4, 0.5) is 16.0 Å². The van der Waals surface area contributed by atoms with Crippen LogP contribution in [0.2, 0.25) is 0 Å². The number of hydrogen-bond donors (Lipinski definition) is 2. The van der Waals surface area contributed by atoms with E-state index in [1.807, 2.05) is 45.9 Å². The number of benzene rings is 2. The molecule has 1 fully saturated rings. The first-order valence-corrected chi connectivity index (χ1v) is 15.3. The summed E-state index contributed by atoms with van der Waals surface area (Å²) in [6.07, 6.45) is 6.82. The van der Waals surface area contributed by atoms with E-state index in [0.717, 1.165) is 37.1 Å². The van der Waals surface area contributed by atoms with Crippen molar-refractivity contribution >= 4 is 41.3 Å². The van der Waals surface area contributed by atoms with E-state index in [-0.39, 0.29) is 22.3 Å². The van der Waals surface area contributed by atoms with E-state index in [4.69, 9.17) is 9.17 Å². The lowest BCUT2D eigenvalue weighted by Crippen LogP contribution is -2.40. The summed E-state index contributed by atoms with van der Waals surface area (Å²) in [5.74, 6) is 0.0287. The highest BCUT2D eigenvalue weighted by atomic mass is 19.1. The van der Waals surface area contributed by atoms with Crippen LogP contribution in [0.15, 0.2) is 69.6 Å². The molecule has 1 saturated heterocycles. The van der Waals surface area contributed by atoms with Crippen molar-refractivity contribution in [1.29, 1.82) is 0 Å². The Hall–Kier alpha value is -4.44. The fourth-order valence-electron chi connectivity index (χ4n) is 5.90. The molecule has 234 valence electrons. The van der Waals surface area contributed by atoms with Gasteiger partial charge in [-0.2, -0.15) is 0 Å². The predicted octanol–water partition coefficient (Wildman–Crippen LogP) is 6.65. The lowest BCUT2D eigenvalue weighted by molar-refractivity contribution is 0.274. The summed E-state index contributed by atoms with van der Waals surface area (Å²) < 4.78 is 26.4. The molecule has 1 unspecified atom stereocenters. The third kappa shape index (κ3) is 6.52. The van der Waals surface area contributed by atoms with E-state index < -0.39 is 12.9 Å². The van der Waals surface area contributed by atoms with Gasteiger partial charge in [-0.05, 0) is 81.8 Å². The number of aryl methyl sites for hydroxylation is 1. The van der Waals surface area contributed by atoms with E-state index in [9.17, 15) is 9.82 Å². The van der Waals surface area contributed by atoms with Crippen LogP contribution in [-0.4, -0.2) is 36.4 Å². The molecular formula is C35H40BFN4O4. The molecule has 2 N–H and O–H groups in total. The number of piperidine rings is 1. The van der Waals surface area contributed by atoms with Crippen molar-refractivity contribution in [3.63, 3.8) is 0 Å². The third-order valence-electron chi connectivity index (χ3n) is 8.45. The minimum absolute atomic E-state index is 0.0207. The van der Waals surface area contributed by atoms with E-state index >= 15 is 4.39 Å². The summed E-state index contributed by atoms with van der Waals surface area (Å²) in [5.41, 5.74) is 5.43. The number of pyridine rings is 1. The fourth-order valence-corrected chi connectivity index (χ4v) is 5.90. The van der Waals surface area contributed by atoms with Gasteiger partial charge in [0.15, 0.2) is 5.43 Å². The molecular weight excluding hydrogens is 570 g/mol. The molecule has 2 aromatic heterocycles. The van der Waals surface area contributed by atoms with E-state index in [1.165, 1.54) is 12.3 Å². The SMILES string of the molecule is C=CC.Cc1cc(C(C)Nc2cccnc2-c2cc(F)c3c(c2)C=NOB3O)c2oc(N3CCC(C)(C)CC3)c(C)c(=O)c2c1. The highest BCUT2D eigenvalue weighted by Crippen LogP contribution is 2.37. The molecule has 0 bridgehead atoms. The Kier molecular flexibility index (Phi) is 9.16. The molecule has 0 amide bonds. The zero-order chi connectivity index (χ0) is 32.5. The molecule has 6 rings (SSSR count). The topological polar surface area (TPSA) is 100 Å². The summed E-state index contributed by atoms with van der Waals surface area (Å²) in [4.78, 5) is 20.4. The van der Waals surface area contributed by atoms with Gasteiger partial charge in [0.2, 0.25) is 5.88 Å². The summed E-state index contributed by atoms with van der Waals surface area (Å²) in [6, 6.07) is 10.4. The van der Waals surface area contributed by atoms with Gasteiger partial charge in [-0.25, -0.2) is 4.39 Å². The van der Waals surface area contributed by atoms with Crippen LogP contribution in [-0.2, 0) is 4.76 Å². The minimum atomic E-state index is -1.46. The second-order valence-electron chi connectivity index (χ2n) is 12.6. The van der Waals surface area contributed by atoms with Gasteiger partial charge in [-0.1, -0.05) is 26.0 Å². The molecule has 2 aromatic carbocycles. The Morgan fingerprint density at radius 1 is 1.20 bits per heavy atom. The van der Waals surface area contributed by atoms with Crippen molar-refractivity contribution < 1.29 is 18.6 Å². The molecule has 0 saturated carbocycles. The number of nitrogens with zero attached hydrogens (tertiary/aromatic N) is 3. The maximum Gasteiger partial charge on any atom is 0.586 e. The standard InChI is InChI=1S/C32H34BFN4O4.C3H6/c1-18-13-23(30-24(14-18)29(39)19(2)31(41-30)38-11-8-32(4,5)9-12-38)20(3)37-26-7-6-10-35-28(26)21-15-22-17-36-42-33(40)27(22)25(34)16-21;1-3-2/h6-7,10,13-17,20,37,40H,8-9,11-12H2,1-5H3;3H,1H2,2H3. The van der Waals surface area contributed by atoms with Crippen molar-refractivity contribution in [2.24, 2.45) is 10.6 Å². The van der Waals surface area contributed by atoms with Gasteiger partial charge in [0.25, 0.3) is 0 Å². The summed E-state index contributed by atoms with van der Waals surface area (Å²) in [5, 5.41) is 17.8. The highest BCUT2D eigenvalue weighted by molar-refractivity contribution is 6.62. The van der Waals surface area contributed by atoms with Crippen molar-refractivity contribution in [3.8, 4) is 11.3 Å². The van der Waals surface area contributed by atoms with Crippen molar-refractivity contribution in [2.75, 3.05) is 23.3 Å². The fraction of sp³-hybridized carbons (Fsp3) is 0.343. The van der Waals surface area contributed by atoms with Gasteiger partial charge in [0, 0.05) is 41.4 Å². The molecule has 8 nitrogen and oxygen atoms in total. The number of allylic oxidation sites excluding steroid dienone is 1. The number of oxime groups is 1. The number of hydrogen-bond acceptors (Lipinski definition) is 8. The van der Waals surface area contributed by atoms with Gasteiger partial charge in [-0.3, -0.25) is 9.78 Å². The second kappa shape index (κ2) is 12.9. The van der Waals surface area contributed by atoms with Crippen LogP contribution in [0.3, 0.4) is 0 Å². The molecule has 0 radical (unpaired) electrons. The maximum atomic E-state index is 15.1. The Morgan fingerprint density at radius 2 is 1.91 bits per heavy atom. The monoisotopic (exact) mass is 610 g/mol. The Morgan fingerprint density at radius 3 is 2.62 bits per heavy atom. The van der Waals surface area contributed by atoms with E-state index in [2.05, 4.69) is 40.8 Å². The van der Waals surface area contributed by atoms with Gasteiger partial charge in [-0.15, -0.1) is 11.7 Å². The van der Waals surface area contributed by atoms with Crippen LogP contribution >= 0.6 is 0 Å². The lowest BCUT2D eigenvalue weighted by atomic mass is 9.75. The zero-order valence-electron chi connectivity index (χ0n) is 26.8. The van der Waals surface area contributed by atoms with Gasteiger partial charge >= 0.3 is 7.12 Å². The second-order valence-corrected chi connectivity index (χ2v) is 12.6. The zero-order valence-corrected chi connectivity index (χ0v) is 26.8. The van der Waals surface area contributed by atoms with Crippen LogP contribution in [0.1, 0.15) is 68.8 Å². The number of nitrogens with one attached hydrogen (secondary N) is 1. The van der Waals surface area contributed by atoms with Crippen LogP contribution < -0.4 is 21.1 Å². The lowest BCUT2D eigenvalue weighted by Gasteiger charge is -2.37. The van der Waals surface area contributed by atoms with Gasteiger partial charge in [0.1, 0.15) is 11.4 Å². The molecule has 4 heterocycles. The first kappa shape index (κ1) is 32.0. The molecule has 0 spiro atoms. The average molecular weight is 611 g/mol. The number of anilines is 2. The molecule has 45 heavy (non-hydrogen) atoms. The predicted molar refractivity (Wildman–Crippen MR) is 181 cm³/mol. The molecule has 2 aliphatic rings. The number of aromatic nitrogens is 1. The number of fused-ring (bicyclic) bond motifs is 2. The molecule has 2 aliphatic heterocycles. The van der Waals surface area contributed by atoms with Crippen LogP contribution in [0.25, 0.3) is 22.2 Å².